The summed E-state index contributed by atoms with van der Waals surface area (Å²) in [6.07, 6.45) is 0. The number of benzene rings is 2. The van der Waals surface area contributed by atoms with Crippen LogP contribution in [0.4, 0.5) is 4.39 Å². The maximum Gasteiger partial charge on any atom is 0.134 e. The summed E-state index contributed by atoms with van der Waals surface area (Å²) in [6.45, 7) is 3.84. The van der Waals surface area contributed by atoms with E-state index in [1.165, 1.54) is 6.07 Å². The first-order valence-electron chi connectivity index (χ1n) is 5.81. The third-order valence-electron chi connectivity index (χ3n) is 2.85. The Kier molecular flexibility index (Phi) is 4.48. The Hall–Kier alpha value is -1.06. The van der Waals surface area contributed by atoms with Gasteiger partial charge in [-0.1, -0.05) is 33.6 Å². The van der Waals surface area contributed by atoms with Gasteiger partial charge in [0, 0.05) is 15.9 Å². The Balaban J connectivity index is 2.45. The summed E-state index contributed by atoms with van der Waals surface area (Å²) in [4.78, 5) is 0. The SMILES string of the molecule is Cc1cc(Cl)cc(C)c1Oc1cccc(F)c1CBr. The van der Waals surface area contributed by atoms with Gasteiger partial charge in [-0.2, -0.15) is 0 Å². The predicted molar refractivity (Wildman–Crippen MR) is 80.0 cm³/mol. The van der Waals surface area contributed by atoms with Gasteiger partial charge in [-0.25, -0.2) is 4.39 Å². The van der Waals surface area contributed by atoms with E-state index in [9.17, 15) is 4.39 Å². The van der Waals surface area contributed by atoms with Crippen molar-refractivity contribution in [2.45, 2.75) is 19.2 Å². The van der Waals surface area contributed by atoms with E-state index >= 15 is 0 Å². The molecule has 0 aliphatic rings. The molecule has 0 heterocycles. The maximum absolute atomic E-state index is 13.7. The third-order valence-corrected chi connectivity index (χ3v) is 3.63. The Bertz CT molecular complexity index is 590. The Morgan fingerprint density at radius 1 is 1.21 bits per heavy atom. The van der Waals surface area contributed by atoms with Crippen LogP contribution in [-0.2, 0) is 5.33 Å². The monoisotopic (exact) mass is 342 g/mol. The van der Waals surface area contributed by atoms with Crippen LogP contribution < -0.4 is 4.74 Å². The zero-order chi connectivity index (χ0) is 14.0. The number of rotatable bonds is 3. The van der Waals surface area contributed by atoms with Crippen molar-refractivity contribution in [1.82, 2.24) is 0 Å². The molecule has 0 amide bonds. The van der Waals surface area contributed by atoms with Crippen molar-refractivity contribution in [2.24, 2.45) is 0 Å². The smallest absolute Gasteiger partial charge is 0.134 e. The van der Waals surface area contributed by atoms with Crippen molar-refractivity contribution in [3.05, 3.63) is 57.9 Å². The number of hydrogen-bond acceptors (Lipinski definition) is 1. The Morgan fingerprint density at radius 2 is 1.84 bits per heavy atom. The molecule has 4 heteroatoms. The molecule has 0 saturated heterocycles. The van der Waals surface area contributed by atoms with Crippen LogP contribution in [0.15, 0.2) is 30.3 Å². The molecule has 0 unspecified atom stereocenters. The predicted octanol–water partition coefficient (Wildman–Crippen LogP) is 5.78. The minimum Gasteiger partial charge on any atom is -0.456 e. The summed E-state index contributed by atoms with van der Waals surface area (Å²) in [5.41, 5.74) is 2.36. The topological polar surface area (TPSA) is 9.23 Å². The van der Waals surface area contributed by atoms with Gasteiger partial charge in [0.2, 0.25) is 0 Å². The molecule has 0 spiro atoms. The fourth-order valence-electron chi connectivity index (χ4n) is 1.93. The minimum absolute atomic E-state index is 0.279. The van der Waals surface area contributed by atoms with Gasteiger partial charge in [-0.15, -0.1) is 0 Å². The molecule has 1 nitrogen and oxygen atoms in total. The lowest BCUT2D eigenvalue weighted by Crippen LogP contribution is -1.96. The first kappa shape index (κ1) is 14.4. The van der Waals surface area contributed by atoms with Gasteiger partial charge >= 0.3 is 0 Å². The molecule has 19 heavy (non-hydrogen) atoms. The molecule has 0 aliphatic heterocycles. The van der Waals surface area contributed by atoms with E-state index in [1.807, 2.05) is 26.0 Å². The largest absolute Gasteiger partial charge is 0.456 e. The van der Waals surface area contributed by atoms with Crippen LogP contribution >= 0.6 is 27.5 Å². The van der Waals surface area contributed by atoms with Gasteiger partial charge in [0.05, 0.1) is 0 Å². The first-order chi connectivity index (χ1) is 9.02. The second-order valence-electron chi connectivity index (χ2n) is 4.32. The Morgan fingerprint density at radius 3 is 2.42 bits per heavy atom. The van der Waals surface area contributed by atoms with Gasteiger partial charge in [-0.05, 0) is 49.2 Å². The molecule has 2 rings (SSSR count). The van der Waals surface area contributed by atoms with E-state index in [1.54, 1.807) is 12.1 Å². The highest BCUT2D eigenvalue weighted by Gasteiger charge is 2.12. The van der Waals surface area contributed by atoms with Gasteiger partial charge in [0.1, 0.15) is 17.3 Å². The number of aryl methyl sites for hydroxylation is 2. The molecule has 0 aliphatic carbocycles. The summed E-state index contributed by atoms with van der Waals surface area (Å²) in [5, 5.41) is 1.07. The van der Waals surface area contributed by atoms with Crippen LogP contribution in [0.5, 0.6) is 11.5 Å². The van der Waals surface area contributed by atoms with E-state index in [2.05, 4.69) is 15.9 Å². The van der Waals surface area contributed by atoms with Crippen LogP contribution in [0.1, 0.15) is 16.7 Å². The molecule has 0 bridgehead atoms. The lowest BCUT2D eigenvalue weighted by atomic mass is 10.1. The minimum atomic E-state index is -0.279. The maximum atomic E-state index is 13.7. The second kappa shape index (κ2) is 5.93. The van der Waals surface area contributed by atoms with Crippen molar-refractivity contribution in [3.63, 3.8) is 0 Å². The number of hydrogen-bond donors (Lipinski definition) is 0. The van der Waals surface area contributed by atoms with Crippen LogP contribution in [0.2, 0.25) is 5.02 Å². The molecule has 2 aromatic carbocycles. The summed E-state index contributed by atoms with van der Waals surface area (Å²) >= 11 is 9.27. The number of halogens is 3. The molecular formula is C15H13BrClFO. The molecule has 0 fully saturated rings. The quantitative estimate of drug-likeness (QED) is 0.642. The molecular weight excluding hydrogens is 331 g/mol. The van der Waals surface area contributed by atoms with Gasteiger partial charge in [-0.3, -0.25) is 0 Å². The summed E-state index contributed by atoms with van der Waals surface area (Å²) < 4.78 is 19.6. The average molecular weight is 344 g/mol. The van der Waals surface area contributed by atoms with E-state index in [4.69, 9.17) is 16.3 Å². The Labute approximate surface area is 125 Å². The molecule has 2 aromatic rings. The van der Waals surface area contributed by atoms with E-state index in [-0.39, 0.29) is 5.82 Å². The van der Waals surface area contributed by atoms with Gasteiger partial charge in [0.15, 0.2) is 0 Å². The fourth-order valence-corrected chi connectivity index (χ4v) is 2.80. The standard InChI is InChI=1S/C15H13BrClFO/c1-9-6-11(17)7-10(2)15(9)19-14-5-3-4-13(18)12(14)8-16/h3-7H,8H2,1-2H3. The van der Waals surface area contributed by atoms with E-state index in [0.29, 0.717) is 21.7 Å². The van der Waals surface area contributed by atoms with Crippen LogP contribution in [0.3, 0.4) is 0 Å². The van der Waals surface area contributed by atoms with E-state index < -0.39 is 0 Å². The first-order valence-corrected chi connectivity index (χ1v) is 7.31. The van der Waals surface area contributed by atoms with Crippen molar-refractivity contribution in [1.29, 1.82) is 0 Å². The molecule has 100 valence electrons. The normalized spacial score (nSPS) is 10.6. The zero-order valence-electron chi connectivity index (χ0n) is 10.6. The number of alkyl halides is 1. The van der Waals surface area contributed by atoms with E-state index in [0.717, 1.165) is 16.9 Å². The lowest BCUT2D eigenvalue weighted by Gasteiger charge is -2.15. The highest BCUT2D eigenvalue weighted by molar-refractivity contribution is 9.08. The molecule has 0 aromatic heterocycles. The number of ether oxygens (including phenoxy) is 1. The van der Waals surface area contributed by atoms with Crippen LogP contribution in [0, 0.1) is 19.7 Å². The molecule has 0 N–H and O–H groups in total. The van der Waals surface area contributed by atoms with Crippen molar-refractivity contribution >= 4 is 27.5 Å². The highest BCUT2D eigenvalue weighted by Crippen LogP contribution is 2.34. The third kappa shape index (κ3) is 3.10. The summed E-state index contributed by atoms with van der Waals surface area (Å²) in [7, 11) is 0. The molecule has 0 atom stereocenters. The highest BCUT2D eigenvalue weighted by atomic mass is 79.9. The molecule has 0 saturated carbocycles. The fraction of sp³-hybridized carbons (Fsp3) is 0.200. The average Bonchev–Trinajstić information content (AvgIpc) is 2.34. The van der Waals surface area contributed by atoms with Crippen molar-refractivity contribution < 1.29 is 9.13 Å². The summed E-state index contributed by atoms with van der Waals surface area (Å²) in [5.74, 6) is 0.959. The van der Waals surface area contributed by atoms with Crippen molar-refractivity contribution in [3.8, 4) is 11.5 Å². The summed E-state index contributed by atoms with van der Waals surface area (Å²) in [6, 6.07) is 8.48. The zero-order valence-corrected chi connectivity index (χ0v) is 13.0. The van der Waals surface area contributed by atoms with Gasteiger partial charge < -0.3 is 4.74 Å². The molecule has 0 radical (unpaired) electrons. The van der Waals surface area contributed by atoms with Crippen LogP contribution in [-0.4, -0.2) is 0 Å². The van der Waals surface area contributed by atoms with Gasteiger partial charge in [0.25, 0.3) is 0 Å². The van der Waals surface area contributed by atoms with Crippen molar-refractivity contribution in [2.75, 3.05) is 0 Å². The second-order valence-corrected chi connectivity index (χ2v) is 5.32. The van der Waals surface area contributed by atoms with Crippen LogP contribution in [0.25, 0.3) is 0 Å². The lowest BCUT2D eigenvalue weighted by molar-refractivity contribution is 0.464.